The predicted octanol–water partition coefficient (Wildman–Crippen LogP) is 3.23. The number of alkyl halides is 3. The Hall–Kier alpha value is -1.07. The van der Waals surface area contributed by atoms with Gasteiger partial charge in [0.25, 0.3) is 5.79 Å². The van der Waals surface area contributed by atoms with E-state index in [4.69, 9.17) is 0 Å². The fourth-order valence-electron chi connectivity index (χ4n) is 2.01. The van der Waals surface area contributed by atoms with Crippen LogP contribution in [-0.4, -0.2) is 22.2 Å². The zero-order valence-corrected chi connectivity index (χ0v) is 11.4. The molecule has 0 bridgehead atoms. The van der Waals surface area contributed by atoms with Crippen LogP contribution in [0.25, 0.3) is 0 Å². The van der Waals surface area contributed by atoms with E-state index < -0.39 is 22.8 Å². The Morgan fingerprint density at radius 1 is 0.842 bits per heavy atom. The largest absolute Gasteiger partial charge is 0.443 e. The maximum atomic E-state index is 12.9. The molecule has 0 amide bonds. The minimum Gasteiger partial charge on any atom is -0.358 e. The standard InChI is InChI=1S/C14H19F3O2/c1-11(2,10-8-6-5-7-9-10)12(3,4)13(18,19)14(15,16)17/h5-9,18-19H,1-4H3. The Morgan fingerprint density at radius 2 is 1.26 bits per heavy atom. The van der Waals surface area contributed by atoms with Gasteiger partial charge in [-0.25, -0.2) is 0 Å². The highest BCUT2D eigenvalue weighted by atomic mass is 19.4. The van der Waals surface area contributed by atoms with Gasteiger partial charge in [-0.15, -0.1) is 0 Å². The van der Waals surface area contributed by atoms with Crippen LogP contribution in [-0.2, 0) is 5.41 Å². The third-order valence-electron chi connectivity index (χ3n) is 4.32. The van der Waals surface area contributed by atoms with E-state index in [1.807, 2.05) is 0 Å². The first-order valence-electron chi connectivity index (χ1n) is 5.92. The van der Waals surface area contributed by atoms with Gasteiger partial charge < -0.3 is 10.2 Å². The highest BCUT2D eigenvalue weighted by Crippen LogP contribution is 2.52. The van der Waals surface area contributed by atoms with E-state index in [2.05, 4.69) is 0 Å². The monoisotopic (exact) mass is 276 g/mol. The number of halogens is 3. The van der Waals surface area contributed by atoms with E-state index in [1.165, 1.54) is 13.8 Å². The molecule has 0 atom stereocenters. The SMILES string of the molecule is CC(C)(c1ccccc1)C(C)(C)C(O)(O)C(F)(F)F. The quantitative estimate of drug-likeness (QED) is 0.832. The highest BCUT2D eigenvalue weighted by molar-refractivity contribution is 5.27. The lowest BCUT2D eigenvalue weighted by Crippen LogP contribution is -2.62. The van der Waals surface area contributed by atoms with Crippen LogP contribution >= 0.6 is 0 Å². The molecule has 0 radical (unpaired) electrons. The summed E-state index contributed by atoms with van der Waals surface area (Å²) in [6, 6.07) is 8.51. The zero-order valence-electron chi connectivity index (χ0n) is 11.4. The fraction of sp³-hybridized carbons (Fsp3) is 0.571. The molecular weight excluding hydrogens is 257 g/mol. The van der Waals surface area contributed by atoms with Gasteiger partial charge in [0.2, 0.25) is 0 Å². The summed E-state index contributed by atoms with van der Waals surface area (Å²) in [5.74, 6) is -3.78. The summed E-state index contributed by atoms with van der Waals surface area (Å²) in [4.78, 5) is 0. The molecule has 0 fully saturated rings. The molecule has 0 aliphatic heterocycles. The van der Waals surface area contributed by atoms with Crippen LogP contribution in [0.1, 0.15) is 33.3 Å². The van der Waals surface area contributed by atoms with Gasteiger partial charge in [0.15, 0.2) is 0 Å². The molecule has 1 rings (SSSR count). The van der Waals surface area contributed by atoms with Crippen LogP contribution < -0.4 is 0 Å². The molecule has 2 N–H and O–H groups in total. The highest BCUT2D eigenvalue weighted by Gasteiger charge is 2.66. The molecule has 0 aliphatic carbocycles. The molecule has 108 valence electrons. The van der Waals surface area contributed by atoms with Crippen LogP contribution in [0, 0.1) is 5.41 Å². The summed E-state index contributed by atoms with van der Waals surface area (Å²) >= 11 is 0. The summed E-state index contributed by atoms with van der Waals surface area (Å²) in [5, 5.41) is 19.2. The van der Waals surface area contributed by atoms with Gasteiger partial charge in [0, 0.05) is 10.8 Å². The normalized spacial score (nSPS) is 14.6. The molecule has 0 heterocycles. The number of aliphatic hydroxyl groups is 2. The minimum absolute atomic E-state index is 0.608. The van der Waals surface area contributed by atoms with E-state index in [-0.39, 0.29) is 0 Å². The van der Waals surface area contributed by atoms with E-state index in [1.54, 1.807) is 44.2 Å². The number of hydrogen-bond donors (Lipinski definition) is 2. The van der Waals surface area contributed by atoms with Gasteiger partial charge in [0.05, 0.1) is 0 Å². The average Bonchev–Trinajstić information content (AvgIpc) is 2.28. The Morgan fingerprint density at radius 3 is 1.63 bits per heavy atom. The van der Waals surface area contributed by atoms with Gasteiger partial charge >= 0.3 is 6.18 Å². The van der Waals surface area contributed by atoms with E-state index in [9.17, 15) is 23.4 Å². The fourth-order valence-corrected chi connectivity index (χ4v) is 2.01. The first-order valence-corrected chi connectivity index (χ1v) is 5.92. The molecule has 0 aliphatic rings. The molecule has 1 aromatic rings. The van der Waals surface area contributed by atoms with Crippen molar-refractivity contribution < 1.29 is 23.4 Å². The van der Waals surface area contributed by atoms with Gasteiger partial charge in [-0.2, -0.15) is 13.2 Å². The van der Waals surface area contributed by atoms with Gasteiger partial charge in [-0.3, -0.25) is 0 Å². The van der Waals surface area contributed by atoms with Crippen molar-refractivity contribution in [2.75, 3.05) is 0 Å². The van der Waals surface area contributed by atoms with Crippen LogP contribution in [0.5, 0.6) is 0 Å². The third-order valence-corrected chi connectivity index (χ3v) is 4.32. The molecular formula is C14H19F3O2. The summed E-state index contributed by atoms with van der Waals surface area (Å²) < 4.78 is 38.6. The van der Waals surface area contributed by atoms with E-state index in [0.29, 0.717) is 5.56 Å². The lowest BCUT2D eigenvalue weighted by molar-refractivity contribution is -0.396. The second-order valence-corrected chi connectivity index (χ2v) is 5.79. The van der Waals surface area contributed by atoms with Crippen molar-refractivity contribution >= 4 is 0 Å². The Balaban J connectivity index is 3.34. The molecule has 0 spiro atoms. The summed E-state index contributed by atoms with van der Waals surface area (Å²) in [5.41, 5.74) is -2.32. The van der Waals surface area contributed by atoms with Crippen molar-refractivity contribution in [1.82, 2.24) is 0 Å². The topological polar surface area (TPSA) is 40.5 Å². The molecule has 1 aromatic carbocycles. The first-order chi connectivity index (χ1) is 8.36. The molecule has 0 saturated carbocycles. The molecule has 19 heavy (non-hydrogen) atoms. The van der Waals surface area contributed by atoms with Crippen LogP contribution in [0.4, 0.5) is 13.2 Å². The number of rotatable bonds is 3. The van der Waals surface area contributed by atoms with Crippen molar-refractivity contribution in [3.05, 3.63) is 35.9 Å². The average molecular weight is 276 g/mol. The predicted molar refractivity (Wildman–Crippen MR) is 66.5 cm³/mol. The molecule has 0 saturated heterocycles. The smallest absolute Gasteiger partial charge is 0.358 e. The molecule has 2 nitrogen and oxygen atoms in total. The lowest BCUT2D eigenvalue weighted by atomic mass is 9.60. The summed E-state index contributed by atoms with van der Waals surface area (Å²) in [6.45, 7) is 5.53. The van der Waals surface area contributed by atoms with Crippen molar-refractivity contribution in [3.8, 4) is 0 Å². The van der Waals surface area contributed by atoms with Crippen LogP contribution in [0.15, 0.2) is 30.3 Å². The second kappa shape index (κ2) is 4.49. The van der Waals surface area contributed by atoms with E-state index in [0.717, 1.165) is 0 Å². The third kappa shape index (κ3) is 2.37. The maximum Gasteiger partial charge on any atom is 0.443 e. The van der Waals surface area contributed by atoms with Crippen molar-refractivity contribution in [3.63, 3.8) is 0 Å². The second-order valence-electron chi connectivity index (χ2n) is 5.79. The number of benzene rings is 1. The molecule has 0 unspecified atom stereocenters. The summed E-state index contributed by atoms with van der Waals surface area (Å²) in [6.07, 6.45) is -5.12. The van der Waals surface area contributed by atoms with Crippen molar-refractivity contribution in [2.24, 2.45) is 5.41 Å². The maximum absolute atomic E-state index is 12.9. The van der Waals surface area contributed by atoms with Crippen molar-refractivity contribution in [1.29, 1.82) is 0 Å². The lowest BCUT2D eigenvalue weighted by Gasteiger charge is -2.49. The minimum atomic E-state index is -5.12. The number of hydrogen-bond acceptors (Lipinski definition) is 2. The summed E-state index contributed by atoms with van der Waals surface area (Å²) in [7, 11) is 0. The van der Waals surface area contributed by atoms with Gasteiger partial charge in [-0.05, 0) is 5.56 Å². The van der Waals surface area contributed by atoms with Gasteiger partial charge in [0.1, 0.15) is 0 Å². The van der Waals surface area contributed by atoms with Crippen LogP contribution in [0.3, 0.4) is 0 Å². The first kappa shape index (κ1) is 16.0. The zero-order chi connectivity index (χ0) is 15.1. The van der Waals surface area contributed by atoms with E-state index >= 15 is 0 Å². The Labute approximate surface area is 110 Å². The van der Waals surface area contributed by atoms with Crippen LogP contribution in [0.2, 0.25) is 0 Å². The molecule has 0 aromatic heterocycles. The molecule has 5 heteroatoms. The van der Waals surface area contributed by atoms with Crippen molar-refractivity contribution in [2.45, 2.75) is 45.1 Å². The Kier molecular flexibility index (Phi) is 3.78. The van der Waals surface area contributed by atoms with Gasteiger partial charge in [-0.1, -0.05) is 58.0 Å². The Bertz CT molecular complexity index is 434.